The van der Waals surface area contributed by atoms with E-state index in [1.54, 1.807) is 4.90 Å². The van der Waals surface area contributed by atoms with Crippen LogP contribution in [0.2, 0.25) is 0 Å². The highest BCUT2D eigenvalue weighted by Crippen LogP contribution is 2.28. The molecule has 2 heterocycles. The minimum Gasteiger partial charge on any atom is -0.369 e. The summed E-state index contributed by atoms with van der Waals surface area (Å²) in [4.78, 5) is 13.8. The maximum absolute atomic E-state index is 13.1. The number of halogens is 3. The summed E-state index contributed by atoms with van der Waals surface area (Å²) in [7, 11) is 0. The molecule has 0 radical (unpaired) electrons. The van der Waals surface area contributed by atoms with Crippen LogP contribution in [-0.4, -0.2) is 54.1 Å². The first kappa shape index (κ1) is 16.6. The molecule has 2 atom stereocenters. The Morgan fingerprint density at radius 3 is 2.53 bits per heavy atom. The molecule has 2 aliphatic rings. The number of hydrogen-bond acceptors (Lipinski definition) is 3. The van der Waals surface area contributed by atoms with E-state index >= 15 is 0 Å². The number of morpholine rings is 1. The number of amides is 1. The number of carbonyl (C=O) groups is 1. The smallest absolute Gasteiger partial charge is 0.262 e. The predicted octanol–water partition coefficient (Wildman–Crippen LogP) is 1.43. The third-order valence-electron chi connectivity index (χ3n) is 3.29. The van der Waals surface area contributed by atoms with Crippen LogP contribution in [0.5, 0.6) is 0 Å². The van der Waals surface area contributed by atoms with Gasteiger partial charge in [-0.25, -0.2) is 8.78 Å². The predicted molar refractivity (Wildman–Crippen MR) is 69.8 cm³/mol. The van der Waals surface area contributed by atoms with E-state index in [1.807, 2.05) is 20.8 Å². The van der Waals surface area contributed by atoms with Gasteiger partial charge in [0.2, 0.25) is 5.91 Å². The van der Waals surface area contributed by atoms with Gasteiger partial charge in [-0.1, -0.05) is 0 Å². The Kier molecular flexibility index (Phi) is 4.80. The zero-order valence-corrected chi connectivity index (χ0v) is 12.2. The lowest BCUT2D eigenvalue weighted by Crippen LogP contribution is -2.57. The van der Waals surface area contributed by atoms with E-state index in [2.05, 4.69) is 5.32 Å². The fourth-order valence-electron chi connectivity index (χ4n) is 2.73. The molecule has 112 valence electrons. The van der Waals surface area contributed by atoms with Gasteiger partial charge in [-0.15, -0.1) is 12.4 Å². The molecular formula is C12H21ClF2N2O2. The molecule has 1 N–H and O–H groups in total. The van der Waals surface area contributed by atoms with Gasteiger partial charge in [-0.3, -0.25) is 10.1 Å². The molecular weight excluding hydrogens is 278 g/mol. The van der Waals surface area contributed by atoms with E-state index in [4.69, 9.17) is 4.74 Å². The molecule has 4 nitrogen and oxygen atoms in total. The largest absolute Gasteiger partial charge is 0.369 e. The Balaban J connectivity index is 0.00000180. The van der Waals surface area contributed by atoms with E-state index in [-0.39, 0.29) is 24.4 Å². The van der Waals surface area contributed by atoms with Crippen molar-refractivity contribution in [3.05, 3.63) is 0 Å². The number of alkyl halides is 2. The van der Waals surface area contributed by atoms with E-state index in [1.165, 1.54) is 0 Å². The molecule has 2 fully saturated rings. The SMILES string of the molecule is CC1CN(C(=O)C2CC(F)(F)CN2)CC(C)(C)O1.Cl. The average Bonchev–Trinajstić information content (AvgIpc) is 2.54. The Hall–Kier alpha value is -0.460. The van der Waals surface area contributed by atoms with Crippen molar-refractivity contribution in [2.24, 2.45) is 0 Å². The molecule has 0 aliphatic carbocycles. The monoisotopic (exact) mass is 298 g/mol. The van der Waals surface area contributed by atoms with Crippen LogP contribution >= 0.6 is 12.4 Å². The van der Waals surface area contributed by atoms with E-state index in [0.717, 1.165) is 0 Å². The maximum Gasteiger partial charge on any atom is 0.262 e. The minimum absolute atomic E-state index is 0. The summed E-state index contributed by atoms with van der Waals surface area (Å²) in [6.45, 7) is 6.19. The van der Waals surface area contributed by atoms with Gasteiger partial charge in [0.05, 0.1) is 24.3 Å². The van der Waals surface area contributed by atoms with Crippen LogP contribution in [-0.2, 0) is 9.53 Å². The van der Waals surface area contributed by atoms with Crippen LogP contribution in [0.25, 0.3) is 0 Å². The summed E-state index contributed by atoms with van der Waals surface area (Å²) in [5.74, 6) is -3.01. The van der Waals surface area contributed by atoms with Crippen molar-refractivity contribution in [2.75, 3.05) is 19.6 Å². The molecule has 7 heteroatoms. The molecule has 2 rings (SSSR count). The zero-order valence-electron chi connectivity index (χ0n) is 11.4. The van der Waals surface area contributed by atoms with Gasteiger partial charge in [0.1, 0.15) is 0 Å². The van der Waals surface area contributed by atoms with Crippen molar-refractivity contribution in [3.63, 3.8) is 0 Å². The first-order valence-corrected chi connectivity index (χ1v) is 6.26. The third-order valence-corrected chi connectivity index (χ3v) is 3.29. The number of hydrogen-bond donors (Lipinski definition) is 1. The average molecular weight is 299 g/mol. The normalized spacial score (nSPS) is 32.8. The van der Waals surface area contributed by atoms with Crippen molar-refractivity contribution in [2.45, 2.75) is 50.9 Å². The third kappa shape index (κ3) is 4.00. The first-order chi connectivity index (χ1) is 8.19. The second-order valence-corrected chi connectivity index (χ2v) is 5.90. The van der Waals surface area contributed by atoms with Gasteiger partial charge in [0, 0.05) is 19.5 Å². The van der Waals surface area contributed by atoms with Crippen molar-refractivity contribution in [1.29, 1.82) is 0 Å². The molecule has 0 aromatic rings. The Morgan fingerprint density at radius 1 is 1.42 bits per heavy atom. The van der Waals surface area contributed by atoms with Crippen LogP contribution in [0.4, 0.5) is 8.78 Å². The molecule has 0 bridgehead atoms. The Labute approximate surface area is 118 Å². The molecule has 1 amide bonds. The van der Waals surface area contributed by atoms with Crippen LogP contribution in [0.15, 0.2) is 0 Å². The quantitative estimate of drug-likeness (QED) is 0.796. The fraction of sp³-hybridized carbons (Fsp3) is 0.917. The number of nitrogens with zero attached hydrogens (tertiary/aromatic N) is 1. The summed E-state index contributed by atoms with van der Waals surface area (Å²) in [6, 6.07) is -0.763. The standard InChI is InChI=1S/C12H20F2N2O2.ClH/c1-8-5-16(7-11(2,3)18-8)10(17)9-4-12(13,14)6-15-9;/h8-9,15H,4-7H2,1-3H3;1H. The lowest BCUT2D eigenvalue weighted by Gasteiger charge is -2.42. The second kappa shape index (κ2) is 5.50. The van der Waals surface area contributed by atoms with Crippen molar-refractivity contribution in [1.82, 2.24) is 10.2 Å². The molecule has 0 spiro atoms. The maximum atomic E-state index is 13.1. The van der Waals surface area contributed by atoms with Gasteiger partial charge >= 0.3 is 0 Å². The van der Waals surface area contributed by atoms with Crippen LogP contribution < -0.4 is 5.32 Å². The summed E-state index contributed by atoms with van der Waals surface area (Å²) >= 11 is 0. The minimum atomic E-state index is -2.77. The van der Waals surface area contributed by atoms with E-state index in [9.17, 15) is 13.6 Å². The highest BCUT2D eigenvalue weighted by Gasteiger charge is 2.45. The van der Waals surface area contributed by atoms with Crippen molar-refractivity contribution >= 4 is 18.3 Å². The van der Waals surface area contributed by atoms with E-state index < -0.39 is 30.5 Å². The van der Waals surface area contributed by atoms with Gasteiger partial charge < -0.3 is 9.64 Å². The molecule has 2 saturated heterocycles. The van der Waals surface area contributed by atoms with Crippen LogP contribution in [0.1, 0.15) is 27.2 Å². The van der Waals surface area contributed by atoms with Crippen molar-refractivity contribution in [3.8, 4) is 0 Å². The van der Waals surface area contributed by atoms with Gasteiger partial charge in [-0.05, 0) is 20.8 Å². The first-order valence-electron chi connectivity index (χ1n) is 6.26. The van der Waals surface area contributed by atoms with Gasteiger partial charge in [0.25, 0.3) is 5.92 Å². The molecule has 0 aromatic heterocycles. The highest BCUT2D eigenvalue weighted by molar-refractivity contribution is 5.85. The Bertz CT molecular complexity index is 353. The summed E-state index contributed by atoms with van der Waals surface area (Å²) in [6.07, 6.45) is -0.475. The van der Waals surface area contributed by atoms with Gasteiger partial charge in [-0.2, -0.15) is 0 Å². The fourth-order valence-corrected chi connectivity index (χ4v) is 2.73. The van der Waals surface area contributed by atoms with Crippen LogP contribution in [0, 0.1) is 0 Å². The highest BCUT2D eigenvalue weighted by atomic mass is 35.5. The molecule has 2 unspecified atom stereocenters. The van der Waals surface area contributed by atoms with E-state index in [0.29, 0.717) is 13.1 Å². The zero-order chi connectivity index (χ0) is 13.6. The number of ether oxygens (including phenoxy) is 1. The Morgan fingerprint density at radius 2 is 2.05 bits per heavy atom. The number of rotatable bonds is 1. The summed E-state index contributed by atoms with van der Waals surface area (Å²) in [5.41, 5.74) is -0.422. The van der Waals surface area contributed by atoms with Crippen molar-refractivity contribution < 1.29 is 18.3 Å². The van der Waals surface area contributed by atoms with Gasteiger partial charge in [0.15, 0.2) is 0 Å². The second-order valence-electron chi connectivity index (χ2n) is 5.90. The lowest BCUT2D eigenvalue weighted by atomic mass is 10.0. The molecule has 2 aliphatic heterocycles. The molecule has 0 saturated carbocycles. The number of nitrogens with one attached hydrogen (secondary N) is 1. The number of carbonyl (C=O) groups excluding carboxylic acids is 1. The summed E-state index contributed by atoms with van der Waals surface area (Å²) < 4.78 is 31.9. The van der Waals surface area contributed by atoms with Crippen LogP contribution in [0.3, 0.4) is 0 Å². The lowest BCUT2D eigenvalue weighted by molar-refractivity contribution is -0.160. The molecule has 19 heavy (non-hydrogen) atoms. The topological polar surface area (TPSA) is 41.6 Å². The summed E-state index contributed by atoms with van der Waals surface area (Å²) in [5, 5.41) is 2.60. The molecule has 0 aromatic carbocycles.